The average molecular weight is 358 g/mol. The van der Waals surface area contributed by atoms with Crippen LogP contribution in [-0.2, 0) is 16.4 Å². The number of anilines is 1. The van der Waals surface area contributed by atoms with E-state index in [-0.39, 0.29) is 18.9 Å². The quantitative estimate of drug-likeness (QED) is 0.742. The maximum absolute atomic E-state index is 13.9. The summed E-state index contributed by atoms with van der Waals surface area (Å²) >= 11 is 1.44. The number of nitrogens with one attached hydrogen (secondary N) is 2. The van der Waals surface area contributed by atoms with Gasteiger partial charge < -0.3 is 5.32 Å². The fourth-order valence-corrected chi connectivity index (χ4v) is 4.68. The molecule has 2 heterocycles. The number of hydrogen-bond donors (Lipinski definition) is 2. The highest BCUT2D eigenvalue weighted by Crippen LogP contribution is 2.24. The van der Waals surface area contributed by atoms with Crippen LogP contribution in [0.15, 0.2) is 17.3 Å². The summed E-state index contributed by atoms with van der Waals surface area (Å²) in [7, 11) is -3.55. The third-order valence-corrected chi connectivity index (χ3v) is 5.87. The largest absolute Gasteiger partial charge is 0.366 e. The predicted molar refractivity (Wildman–Crippen MR) is 88.8 cm³/mol. The summed E-state index contributed by atoms with van der Waals surface area (Å²) in [6.07, 6.45) is 1.75. The van der Waals surface area contributed by atoms with Gasteiger partial charge in [0.2, 0.25) is 10.0 Å². The normalized spacial score (nSPS) is 11.7. The summed E-state index contributed by atoms with van der Waals surface area (Å²) in [5.74, 6) is -0.416. The average Bonchev–Trinajstić information content (AvgIpc) is 2.84. The molecule has 0 saturated carbocycles. The minimum absolute atomic E-state index is 0.0820. The maximum atomic E-state index is 13.9. The van der Waals surface area contributed by atoms with Crippen molar-refractivity contribution in [3.8, 4) is 0 Å². The standard InChI is InChI=1S/C14H19FN4O2S2/c1-4-11-13(15)14(18-8-17-11)16-5-6-19-23(20,21)12-7-9(2)22-10(12)3/h7-8,19H,4-6H2,1-3H3,(H,16,17,18). The van der Waals surface area contributed by atoms with Gasteiger partial charge in [0.05, 0.1) is 10.6 Å². The zero-order valence-corrected chi connectivity index (χ0v) is 14.8. The first kappa shape index (κ1) is 17.8. The van der Waals surface area contributed by atoms with Gasteiger partial charge in [-0.15, -0.1) is 11.3 Å². The van der Waals surface area contributed by atoms with Crippen molar-refractivity contribution in [2.45, 2.75) is 32.1 Å². The molecule has 9 heteroatoms. The molecule has 0 aromatic carbocycles. The van der Waals surface area contributed by atoms with Crippen LogP contribution in [0.25, 0.3) is 0 Å². The Hall–Kier alpha value is -1.58. The Labute approximate surface area is 139 Å². The van der Waals surface area contributed by atoms with Gasteiger partial charge in [0, 0.05) is 22.8 Å². The van der Waals surface area contributed by atoms with E-state index < -0.39 is 15.8 Å². The molecule has 0 aliphatic heterocycles. The highest BCUT2D eigenvalue weighted by Gasteiger charge is 2.18. The molecule has 0 unspecified atom stereocenters. The monoisotopic (exact) mass is 358 g/mol. The zero-order chi connectivity index (χ0) is 17.0. The molecule has 2 rings (SSSR count). The minimum Gasteiger partial charge on any atom is -0.366 e. The lowest BCUT2D eigenvalue weighted by atomic mass is 10.3. The molecule has 6 nitrogen and oxygen atoms in total. The van der Waals surface area contributed by atoms with E-state index in [9.17, 15) is 12.8 Å². The molecule has 0 spiro atoms. The molecule has 126 valence electrons. The Morgan fingerprint density at radius 1 is 1.26 bits per heavy atom. The van der Waals surface area contributed by atoms with Crippen LogP contribution < -0.4 is 10.0 Å². The van der Waals surface area contributed by atoms with E-state index in [0.29, 0.717) is 17.0 Å². The molecule has 0 aliphatic rings. The molecule has 0 atom stereocenters. The SMILES string of the molecule is CCc1ncnc(NCCNS(=O)(=O)c2cc(C)sc2C)c1F. The maximum Gasteiger partial charge on any atom is 0.241 e. The van der Waals surface area contributed by atoms with E-state index in [4.69, 9.17) is 0 Å². The molecule has 0 radical (unpaired) electrons. The number of nitrogens with zero attached hydrogens (tertiary/aromatic N) is 2. The lowest BCUT2D eigenvalue weighted by Crippen LogP contribution is -2.29. The Bertz CT molecular complexity index is 790. The van der Waals surface area contributed by atoms with E-state index in [0.717, 1.165) is 9.75 Å². The summed E-state index contributed by atoms with van der Waals surface area (Å²) in [6.45, 7) is 5.78. The number of sulfonamides is 1. The van der Waals surface area contributed by atoms with Gasteiger partial charge in [0.1, 0.15) is 6.33 Å². The van der Waals surface area contributed by atoms with Gasteiger partial charge in [-0.25, -0.2) is 27.5 Å². The summed E-state index contributed by atoms with van der Waals surface area (Å²) in [6, 6.07) is 1.65. The third kappa shape index (κ3) is 4.24. The second kappa shape index (κ2) is 7.33. The van der Waals surface area contributed by atoms with Gasteiger partial charge >= 0.3 is 0 Å². The molecule has 2 aromatic heterocycles. The number of aromatic nitrogens is 2. The van der Waals surface area contributed by atoms with Crippen LogP contribution in [-0.4, -0.2) is 31.5 Å². The second-order valence-corrected chi connectivity index (χ2v) is 8.13. The van der Waals surface area contributed by atoms with Crippen LogP contribution in [0.3, 0.4) is 0 Å². The summed E-state index contributed by atoms with van der Waals surface area (Å²) in [5.41, 5.74) is 0.326. The van der Waals surface area contributed by atoms with Gasteiger partial charge in [-0.05, 0) is 26.3 Å². The van der Waals surface area contributed by atoms with Gasteiger partial charge in [-0.1, -0.05) is 6.92 Å². The molecule has 23 heavy (non-hydrogen) atoms. The van der Waals surface area contributed by atoms with Crippen molar-refractivity contribution < 1.29 is 12.8 Å². The lowest BCUT2D eigenvalue weighted by Gasteiger charge is -2.09. The molecule has 0 bridgehead atoms. The van der Waals surface area contributed by atoms with Crippen molar-refractivity contribution in [1.82, 2.24) is 14.7 Å². The van der Waals surface area contributed by atoms with Crippen LogP contribution in [0, 0.1) is 19.7 Å². The summed E-state index contributed by atoms with van der Waals surface area (Å²) < 4.78 is 40.9. The molecular weight excluding hydrogens is 339 g/mol. The van der Waals surface area contributed by atoms with Crippen LogP contribution in [0.5, 0.6) is 0 Å². The molecular formula is C14H19FN4O2S2. The van der Waals surface area contributed by atoms with E-state index in [2.05, 4.69) is 20.0 Å². The molecule has 0 aliphatic carbocycles. The first-order valence-corrected chi connectivity index (χ1v) is 9.45. The predicted octanol–water partition coefficient (Wildman–Crippen LogP) is 2.25. The van der Waals surface area contributed by atoms with E-state index >= 15 is 0 Å². The Balaban J connectivity index is 1.94. The highest BCUT2D eigenvalue weighted by molar-refractivity contribution is 7.89. The van der Waals surface area contributed by atoms with Crippen molar-refractivity contribution in [3.05, 3.63) is 33.7 Å². The molecule has 2 aromatic rings. The molecule has 2 N–H and O–H groups in total. The Morgan fingerprint density at radius 3 is 2.61 bits per heavy atom. The lowest BCUT2D eigenvalue weighted by molar-refractivity contribution is 0.582. The second-order valence-electron chi connectivity index (χ2n) is 4.94. The Morgan fingerprint density at radius 2 is 2.00 bits per heavy atom. The highest BCUT2D eigenvalue weighted by atomic mass is 32.2. The summed E-state index contributed by atoms with van der Waals surface area (Å²) in [4.78, 5) is 9.65. The number of aryl methyl sites for hydroxylation is 3. The van der Waals surface area contributed by atoms with Gasteiger partial charge in [-0.3, -0.25) is 0 Å². The minimum atomic E-state index is -3.55. The number of rotatable bonds is 7. The fraction of sp³-hybridized carbons (Fsp3) is 0.429. The fourth-order valence-electron chi connectivity index (χ4n) is 2.09. The van der Waals surface area contributed by atoms with Crippen LogP contribution in [0.1, 0.15) is 22.4 Å². The number of thiophene rings is 1. The van der Waals surface area contributed by atoms with Crippen molar-refractivity contribution in [2.75, 3.05) is 18.4 Å². The van der Waals surface area contributed by atoms with E-state index in [1.807, 2.05) is 6.92 Å². The van der Waals surface area contributed by atoms with Crippen molar-refractivity contribution in [1.29, 1.82) is 0 Å². The zero-order valence-electron chi connectivity index (χ0n) is 13.2. The first-order chi connectivity index (χ1) is 10.8. The van der Waals surface area contributed by atoms with E-state index in [1.165, 1.54) is 17.7 Å². The topological polar surface area (TPSA) is 84.0 Å². The van der Waals surface area contributed by atoms with Crippen LogP contribution in [0.4, 0.5) is 10.2 Å². The number of hydrogen-bond acceptors (Lipinski definition) is 6. The molecule has 0 amide bonds. The smallest absolute Gasteiger partial charge is 0.241 e. The molecule has 0 saturated heterocycles. The van der Waals surface area contributed by atoms with E-state index in [1.54, 1.807) is 19.9 Å². The van der Waals surface area contributed by atoms with Gasteiger partial charge in [-0.2, -0.15) is 0 Å². The van der Waals surface area contributed by atoms with Crippen LogP contribution in [0.2, 0.25) is 0 Å². The molecule has 0 fully saturated rings. The van der Waals surface area contributed by atoms with Gasteiger partial charge in [0.25, 0.3) is 0 Å². The van der Waals surface area contributed by atoms with Crippen molar-refractivity contribution in [3.63, 3.8) is 0 Å². The summed E-state index contributed by atoms with van der Waals surface area (Å²) in [5, 5.41) is 2.78. The Kier molecular flexibility index (Phi) is 5.66. The number of halogens is 1. The van der Waals surface area contributed by atoms with Crippen molar-refractivity contribution in [2.24, 2.45) is 0 Å². The van der Waals surface area contributed by atoms with Crippen molar-refractivity contribution >= 4 is 27.2 Å². The first-order valence-electron chi connectivity index (χ1n) is 7.15. The third-order valence-electron chi connectivity index (χ3n) is 3.19. The van der Waals surface area contributed by atoms with Crippen LogP contribution >= 0.6 is 11.3 Å². The van der Waals surface area contributed by atoms with Gasteiger partial charge in [0.15, 0.2) is 11.6 Å².